The van der Waals surface area contributed by atoms with Crippen molar-refractivity contribution >= 4 is 17.9 Å². The second kappa shape index (κ2) is 5.81. The standard InChI is InChI=1S/C20H18NOP/c22-23(21-15-14-16-8-2-1-3-9-16)19-12-6-4-10-17(19)18-11-5-7-13-20(18)23/h1-13H,14-15H2,(H,21,22). The first-order valence-corrected chi connectivity index (χ1v) is 9.58. The molecular formula is C20H18NOP. The highest BCUT2D eigenvalue weighted by Gasteiger charge is 2.37. The van der Waals surface area contributed by atoms with Gasteiger partial charge in [-0.05, 0) is 35.2 Å². The van der Waals surface area contributed by atoms with E-state index < -0.39 is 7.29 Å². The minimum Gasteiger partial charge on any atom is -0.296 e. The van der Waals surface area contributed by atoms with E-state index in [0.717, 1.165) is 28.2 Å². The molecular weight excluding hydrogens is 301 g/mol. The van der Waals surface area contributed by atoms with E-state index in [9.17, 15) is 4.57 Å². The van der Waals surface area contributed by atoms with Crippen molar-refractivity contribution in [2.75, 3.05) is 6.54 Å². The molecule has 0 atom stereocenters. The highest BCUT2D eigenvalue weighted by atomic mass is 31.2. The van der Waals surface area contributed by atoms with Crippen LogP contribution in [0.4, 0.5) is 0 Å². The molecule has 0 spiro atoms. The van der Waals surface area contributed by atoms with Crippen molar-refractivity contribution in [1.29, 1.82) is 0 Å². The third kappa shape index (κ3) is 2.45. The van der Waals surface area contributed by atoms with Crippen LogP contribution in [0, 0.1) is 0 Å². The zero-order chi connectivity index (χ0) is 15.7. The Morgan fingerprint density at radius 2 is 1.22 bits per heavy atom. The van der Waals surface area contributed by atoms with Crippen molar-refractivity contribution in [3.63, 3.8) is 0 Å². The molecule has 2 nitrogen and oxygen atoms in total. The van der Waals surface area contributed by atoms with Crippen molar-refractivity contribution < 1.29 is 4.57 Å². The Balaban J connectivity index is 1.66. The molecule has 4 rings (SSSR count). The van der Waals surface area contributed by atoms with Crippen molar-refractivity contribution in [2.24, 2.45) is 0 Å². The summed E-state index contributed by atoms with van der Waals surface area (Å²) < 4.78 is 13.7. The number of hydrogen-bond acceptors (Lipinski definition) is 1. The zero-order valence-corrected chi connectivity index (χ0v) is 13.7. The molecule has 3 heteroatoms. The van der Waals surface area contributed by atoms with Crippen molar-refractivity contribution in [3.05, 3.63) is 84.4 Å². The van der Waals surface area contributed by atoms with E-state index in [1.165, 1.54) is 5.56 Å². The summed E-state index contributed by atoms with van der Waals surface area (Å²) in [6.45, 7) is 0.698. The van der Waals surface area contributed by atoms with Crippen LogP contribution < -0.4 is 15.7 Å². The molecule has 3 aromatic carbocycles. The van der Waals surface area contributed by atoms with Gasteiger partial charge in [0.2, 0.25) is 7.29 Å². The zero-order valence-electron chi connectivity index (χ0n) is 12.8. The Bertz CT molecular complexity index is 839. The lowest BCUT2D eigenvalue weighted by Gasteiger charge is -2.16. The van der Waals surface area contributed by atoms with Crippen LogP contribution in [0.15, 0.2) is 78.9 Å². The van der Waals surface area contributed by atoms with Crippen molar-refractivity contribution in [3.8, 4) is 11.1 Å². The molecule has 1 aliphatic heterocycles. The van der Waals surface area contributed by atoms with E-state index in [2.05, 4.69) is 29.4 Å². The molecule has 1 N–H and O–H groups in total. The number of fused-ring (bicyclic) bond motifs is 3. The van der Waals surface area contributed by atoms with E-state index >= 15 is 0 Å². The molecule has 0 aliphatic carbocycles. The first-order chi connectivity index (χ1) is 11.3. The van der Waals surface area contributed by atoms with Gasteiger partial charge in [0.25, 0.3) is 0 Å². The summed E-state index contributed by atoms with van der Waals surface area (Å²) in [4.78, 5) is 0. The summed E-state index contributed by atoms with van der Waals surface area (Å²) in [6.07, 6.45) is 0.870. The number of hydrogen-bond donors (Lipinski definition) is 1. The fourth-order valence-electron chi connectivity index (χ4n) is 3.25. The summed E-state index contributed by atoms with van der Waals surface area (Å²) >= 11 is 0. The Labute approximate surface area is 136 Å². The predicted octanol–water partition coefficient (Wildman–Crippen LogP) is 3.73. The smallest absolute Gasteiger partial charge is 0.205 e. The summed E-state index contributed by atoms with van der Waals surface area (Å²) in [6, 6.07) is 26.4. The first kappa shape index (κ1) is 14.4. The molecule has 0 saturated carbocycles. The monoisotopic (exact) mass is 319 g/mol. The van der Waals surface area contributed by atoms with Crippen LogP contribution >= 0.6 is 7.29 Å². The van der Waals surface area contributed by atoms with Gasteiger partial charge in [-0.2, -0.15) is 0 Å². The summed E-state index contributed by atoms with van der Waals surface area (Å²) in [5.41, 5.74) is 3.45. The van der Waals surface area contributed by atoms with Gasteiger partial charge in [0.15, 0.2) is 0 Å². The average molecular weight is 319 g/mol. The minimum atomic E-state index is -2.74. The minimum absolute atomic E-state index is 0.698. The van der Waals surface area contributed by atoms with E-state index in [0.29, 0.717) is 6.54 Å². The highest BCUT2D eigenvalue weighted by Crippen LogP contribution is 2.49. The molecule has 0 aromatic heterocycles. The van der Waals surface area contributed by atoms with Crippen LogP contribution in [-0.2, 0) is 11.0 Å². The molecule has 0 fully saturated rings. The maximum Gasteiger partial charge on any atom is 0.205 e. The van der Waals surface area contributed by atoms with E-state index in [-0.39, 0.29) is 0 Å². The van der Waals surface area contributed by atoms with Gasteiger partial charge in [0.05, 0.1) is 0 Å². The topological polar surface area (TPSA) is 29.1 Å². The molecule has 0 unspecified atom stereocenters. The largest absolute Gasteiger partial charge is 0.296 e. The molecule has 23 heavy (non-hydrogen) atoms. The SMILES string of the molecule is O=P1(NCCc2ccccc2)c2ccccc2-c2ccccc21. The number of nitrogens with one attached hydrogen (secondary N) is 1. The van der Waals surface area contributed by atoms with Crippen LogP contribution in [0.5, 0.6) is 0 Å². The normalized spacial score (nSPS) is 14.3. The molecule has 0 saturated heterocycles. The van der Waals surface area contributed by atoms with Crippen molar-refractivity contribution in [2.45, 2.75) is 6.42 Å². The van der Waals surface area contributed by atoms with Crippen molar-refractivity contribution in [1.82, 2.24) is 5.09 Å². The molecule has 1 aliphatic rings. The Kier molecular flexibility index (Phi) is 3.65. The molecule has 114 valence electrons. The van der Waals surface area contributed by atoms with Gasteiger partial charge < -0.3 is 0 Å². The lowest BCUT2D eigenvalue weighted by atomic mass is 10.1. The van der Waals surface area contributed by atoms with Gasteiger partial charge in [-0.1, -0.05) is 66.7 Å². The summed E-state index contributed by atoms with van der Waals surface area (Å²) in [5, 5.41) is 5.25. The molecule has 0 amide bonds. The lowest BCUT2D eigenvalue weighted by Crippen LogP contribution is -2.25. The molecule has 1 heterocycles. The fourth-order valence-corrected chi connectivity index (χ4v) is 5.94. The third-order valence-corrected chi connectivity index (χ3v) is 7.17. The highest BCUT2D eigenvalue weighted by molar-refractivity contribution is 7.78. The van der Waals surface area contributed by atoms with Crippen LogP contribution in [0.2, 0.25) is 0 Å². The molecule has 3 aromatic rings. The van der Waals surface area contributed by atoms with Gasteiger partial charge in [0, 0.05) is 17.2 Å². The molecule has 0 radical (unpaired) electrons. The maximum absolute atomic E-state index is 13.7. The van der Waals surface area contributed by atoms with Gasteiger partial charge in [-0.3, -0.25) is 9.65 Å². The van der Waals surface area contributed by atoms with E-state index in [1.54, 1.807) is 0 Å². The quantitative estimate of drug-likeness (QED) is 0.743. The number of benzene rings is 3. The maximum atomic E-state index is 13.7. The van der Waals surface area contributed by atoms with Gasteiger partial charge in [0.1, 0.15) is 0 Å². The van der Waals surface area contributed by atoms with Gasteiger partial charge in [-0.15, -0.1) is 0 Å². The number of rotatable bonds is 4. The van der Waals surface area contributed by atoms with Gasteiger partial charge >= 0.3 is 0 Å². The summed E-state index contributed by atoms with van der Waals surface area (Å²) in [5.74, 6) is 0. The molecule has 0 bridgehead atoms. The second-order valence-corrected chi connectivity index (χ2v) is 8.29. The third-order valence-electron chi connectivity index (χ3n) is 4.37. The van der Waals surface area contributed by atoms with Crippen LogP contribution in [0.3, 0.4) is 0 Å². The second-order valence-electron chi connectivity index (χ2n) is 5.79. The van der Waals surface area contributed by atoms with E-state index in [1.807, 2.05) is 54.6 Å². The predicted molar refractivity (Wildman–Crippen MR) is 96.9 cm³/mol. The van der Waals surface area contributed by atoms with Gasteiger partial charge in [-0.25, -0.2) is 0 Å². The Hall–Kier alpha value is -2.15. The van der Waals surface area contributed by atoms with Crippen LogP contribution in [0.25, 0.3) is 11.1 Å². The Morgan fingerprint density at radius 3 is 1.83 bits per heavy atom. The van der Waals surface area contributed by atoms with Crippen LogP contribution in [-0.4, -0.2) is 6.54 Å². The first-order valence-electron chi connectivity index (χ1n) is 7.88. The van der Waals surface area contributed by atoms with Crippen LogP contribution in [0.1, 0.15) is 5.56 Å². The fraction of sp³-hybridized carbons (Fsp3) is 0.100. The van der Waals surface area contributed by atoms with E-state index in [4.69, 9.17) is 0 Å². The summed E-state index contributed by atoms with van der Waals surface area (Å²) in [7, 11) is -2.74. The lowest BCUT2D eigenvalue weighted by molar-refractivity contribution is 0.578. The average Bonchev–Trinajstić information content (AvgIpc) is 2.86. The Morgan fingerprint density at radius 1 is 0.696 bits per heavy atom.